The molecule has 2 rings (SSSR count). The van der Waals surface area contributed by atoms with Crippen molar-refractivity contribution in [3.8, 4) is 0 Å². The van der Waals surface area contributed by atoms with Gasteiger partial charge in [-0.25, -0.2) is 9.59 Å². The molecular weight excluding hydrogens is 240 g/mol. The number of carboxylic acids is 1. The SMILES string of the molecule is COC1CCN(C(=O)NC2(C(=O)O)CCOC2)C1. The number of nitrogens with zero attached hydrogens (tertiary/aromatic N) is 1. The predicted molar refractivity (Wildman–Crippen MR) is 61.3 cm³/mol. The Morgan fingerprint density at radius 3 is 2.83 bits per heavy atom. The van der Waals surface area contributed by atoms with Crippen molar-refractivity contribution in [1.29, 1.82) is 0 Å². The first kappa shape index (κ1) is 13.1. The van der Waals surface area contributed by atoms with Gasteiger partial charge >= 0.3 is 12.0 Å². The molecule has 0 saturated carbocycles. The molecule has 0 bridgehead atoms. The van der Waals surface area contributed by atoms with Crippen LogP contribution in [0.5, 0.6) is 0 Å². The molecule has 2 aliphatic heterocycles. The van der Waals surface area contributed by atoms with E-state index in [0.717, 1.165) is 6.42 Å². The van der Waals surface area contributed by atoms with Crippen LogP contribution in [-0.2, 0) is 14.3 Å². The lowest BCUT2D eigenvalue weighted by atomic mass is 9.99. The van der Waals surface area contributed by atoms with Crippen LogP contribution in [0.15, 0.2) is 0 Å². The number of likely N-dealkylation sites (tertiary alicyclic amines) is 1. The third-order valence-electron chi connectivity index (χ3n) is 3.54. The highest BCUT2D eigenvalue weighted by molar-refractivity contribution is 5.86. The lowest BCUT2D eigenvalue weighted by Gasteiger charge is -2.27. The van der Waals surface area contributed by atoms with Crippen LogP contribution in [0.25, 0.3) is 0 Å². The second-order valence-electron chi connectivity index (χ2n) is 4.71. The summed E-state index contributed by atoms with van der Waals surface area (Å²) in [6.45, 7) is 1.46. The van der Waals surface area contributed by atoms with Crippen LogP contribution in [0.1, 0.15) is 12.8 Å². The highest BCUT2D eigenvalue weighted by Gasteiger charge is 2.45. The average Bonchev–Trinajstić information content (AvgIpc) is 2.97. The molecular formula is C11H18N2O5. The van der Waals surface area contributed by atoms with Crippen LogP contribution in [0.3, 0.4) is 0 Å². The third-order valence-corrected chi connectivity index (χ3v) is 3.54. The molecule has 2 fully saturated rings. The Morgan fingerprint density at radius 1 is 1.56 bits per heavy atom. The Labute approximate surface area is 105 Å². The van der Waals surface area contributed by atoms with Gasteiger partial charge in [-0.3, -0.25) is 0 Å². The summed E-state index contributed by atoms with van der Waals surface area (Å²) >= 11 is 0. The number of ether oxygens (including phenoxy) is 2. The average molecular weight is 258 g/mol. The van der Waals surface area contributed by atoms with Gasteiger partial charge in [-0.2, -0.15) is 0 Å². The van der Waals surface area contributed by atoms with Gasteiger partial charge in [0.25, 0.3) is 0 Å². The van der Waals surface area contributed by atoms with E-state index in [4.69, 9.17) is 9.47 Å². The zero-order valence-corrected chi connectivity index (χ0v) is 10.3. The molecule has 0 aromatic heterocycles. The monoisotopic (exact) mass is 258 g/mol. The number of amides is 2. The van der Waals surface area contributed by atoms with Crippen molar-refractivity contribution in [3.05, 3.63) is 0 Å². The number of hydrogen-bond acceptors (Lipinski definition) is 4. The smallest absolute Gasteiger partial charge is 0.332 e. The minimum atomic E-state index is -1.28. The molecule has 2 N–H and O–H groups in total. The van der Waals surface area contributed by atoms with Crippen LogP contribution in [0.2, 0.25) is 0 Å². The molecule has 0 aromatic carbocycles. The minimum Gasteiger partial charge on any atom is -0.479 e. The number of urea groups is 1. The molecule has 0 spiro atoms. The first-order chi connectivity index (χ1) is 8.57. The fraction of sp³-hybridized carbons (Fsp3) is 0.818. The highest BCUT2D eigenvalue weighted by atomic mass is 16.5. The molecule has 0 aliphatic carbocycles. The fourth-order valence-electron chi connectivity index (χ4n) is 2.27. The van der Waals surface area contributed by atoms with Crippen LogP contribution in [-0.4, -0.2) is 67.1 Å². The molecule has 0 aromatic rings. The molecule has 7 heteroatoms. The summed E-state index contributed by atoms with van der Waals surface area (Å²) in [4.78, 5) is 24.8. The van der Waals surface area contributed by atoms with Crippen molar-refractivity contribution in [2.75, 3.05) is 33.4 Å². The Balaban J connectivity index is 1.96. The molecule has 18 heavy (non-hydrogen) atoms. The second-order valence-corrected chi connectivity index (χ2v) is 4.71. The lowest BCUT2D eigenvalue weighted by molar-refractivity contribution is -0.144. The topological polar surface area (TPSA) is 88.1 Å². The van der Waals surface area contributed by atoms with Gasteiger partial charge in [-0.15, -0.1) is 0 Å². The summed E-state index contributed by atoms with van der Waals surface area (Å²) < 4.78 is 10.3. The maximum Gasteiger partial charge on any atom is 0.332 e. The molecule has 2 amide bonds. The largest absolute Gasteiger partial charge is 0.479 e. The Kier molecular flexibility index (Phi) is 3.72. The Bertz CT molecular complexity index is 340. The van der Waals surface area contributed by atoms with Gasteiger partial charge in [0.05, 0.1) is 12.7 Å². The van der Waals surface area contributed by atoms with Gasteiger partial charge in [0.2, 0.25) is 0 Å². The molecule has 102 valence electrons. The van der Waals surface area contributed by atoms with Crippen molar-refractivity contribution in [1.82, 2.24) is 10.2 Å². The molecule has 2 aliphatic rings. The third kappa shape index (κ3) is 2.41. The minimum absolute atomic E-state index is 0.0234. The van der Waals surface area contributed by atoms with Gasteiger partial charge in [-0.1, -0.05) is 0 Å². The number of carboxylic acid groups (broad SMARTS) is 1. The van der Waals surface area contributed by atoms with E-state index in [0.29, 0.717) is 26.1 Å². The van der Waals surface area contributed by atoms with Crippen molar-refractivity contribution >= 4 is 12.0 Å². The standard InChI is InChI=1S/C11H18N2O5/c1-17-8-2-4-13(6-8)10(16)12-11(9(14)15)3-5-18-7-11/h8H,2-7H2,1H3,(H,12,16)(H,14,15). The van der Waals surface area contributed by atoms with Gasteiger partial charge < -0.3 is 24.8 Å². The number of rotatable bonds is 3. The van der Waals surface area contributed by atoms with Crippen LogP contribution in [0.4, 0.5) is 4.79 Å². The zero-order chi connectivity index (χ0) is 13.2. The molecule has 2 atom stereocenters. The fourth-order valence-corrected chi connectivity index (χ4v) is 2.27. The van der Waals surface area contributed by atoms with Crippen molar-refractivity contribution in [2.45, 2.75) is 24.5 Å². The summed E-state index contributed by atoms with van der Waals surface area (Å²) in [5.41, 5.74) is -1.28. The van der Waals surface area contributed by atoms with E-state index >= 15 is 0 Å². The summed E-state index contributed by atoms with van der Waals surface area (Å²) in [5.74, 6) is -1.05. The quantitative estimate of drug-likeness (QED) is 0.723. The Hall–Kier alpha value is -1.34. The van der Waals surface area contributed by atoms with E-state index in [-0.39, 0.29) is 18.7 Å². The van der Waals surface area contributed by atoms with Gasteiger partial charge in [0.1, 0.15) is 0 Å². The van der Waals surface area contributed by atoms with Gasteiger partial charge in [0, 0.05) is 33.2 Å². The van der Waals surface area contributed by atoms with E-state index in [9.17, 15) is 14.7 Å². The molecule has 7 nitrogen and oxygen atoms in total. The van der Waals surface area contributed by atoms with Crippen molar-refractivity contribution < 1.29 is 24.2 Å². The predicted octanol–water partition coefficient (Wildman–Crippen LogP) is -0.340. The van der Waals surface area contributed by atoms with Crippen LogP contribution < -0.4 is 5.32 Å². The van der Waals surface area contributed by atoms with Gasteiger partial charge in [-0.05, 0) is 6.42 Å². The zero-order valence-electron chi connectivity index (χ0n) is 10.3. The normalized spacial score (nSPS) is 31.6. The number of hydrogen-bond donors (Lipinski definition) is 2. The Morgan fingerprint density at radius 2 is 2.33 bits per heavy atom. The first-order valence-corrected chi connectivity index (χ1v) is 5.98. The van der Waals surface area contributed by atoms with Crippen molar-refractivity contribution in [3.63, 3.8) is 0 Å². The van der Waals surface area contributed by atoms with E-state index < -0.39 is 11.5 Å². The first-order valence-electron chi connectivity index (χ1n) is 5.98. The van der Waals surface area contributed by atoms with E-state index in [1.54, 1.807) is 12.0 Å². The van der Waals surface area contributed by atoms with E-state index in [2.05, 4.69) is 5.32 Å². The summed E-state index contributed by atoms with van der Waals surface area (Å²) in [7, 11) is 1.61. The van der Waals surface area contributed by atoms with E-state index in [1.165, 1.54) is 0 Å². The summed E-state index contributed by atoms with van der Waals surface area (Å²) in [6.07, 6.45) is 1.12. The van der Waals surface area contributed by atoms with Gasteiger partial charge in [0.15, 0.2) is 5.54 Å². The van der Waals surface area contributed by atoms with Crippen LogP contribution >= 0.6 is 0 Å². The number of carbonyl (C=O) groups is 2. The number of methoxy groups -OCH3 is 1. The second kappa shape index (κ2) is 5.11. The molecule has 2 unspecified atom stereocenters. The number of carbonyl (C=O) groups excluding carboxylic acids is 1. The summed E-state index contributed by atoms with van der Waals surface area (Å²) in [5, 5.41) is 11.8. The van der Waals surface area contributed by atoms with Crippen LogP contribution in [0, 0.1) is 0 Å². The number of nitrogens with one attached hydrogen (secondary N) is 1. The number of aliphatic carboxylic acids is 1. The maximum absolute atomic E-state index is 12.0. The molecule has 2 saturated heterocycles. The molecule has 2 heterocycles. The van der Waals surface area contributed by atoms with Crippen molar-refractivity contribution in [2.24, 2.45) is 0 Å². The maximum atomic E-state index is 12.0. The summed E-state index contributed by atoms with van der Waals surface area (Å²) in [6, 6.07) is -0.359. The highest BCUT2D eigenvalue weighted by Crippen LogP contribution is 2.20. The lowest BCUT2D eigenvalue weighted by Crippen LogP contribution is -2.58. The molecule has 0 radical (unpaired) electrons. The van der Waals surface area contributed by atoms with E-state index in [1.807, 2.05) is 0 Å².